The minimum Gasteiger partial charge on any atom is -0.454 e. The van der Waals surface area contributed by atoms with Gasteiger partial charge in [0.1, 0.15) is 0 Å². The normalized spacial score (nSPS) is 18.4. The fourth-order valence-electron chi connectivity index (χ4n) is 3.50. The molecule has 4 rings (SSSR count). The Morgan fingerprint density at radius 3 is 2.93 bits per heavy atom. The number of hydrogen-bond acceptors (Lipinski definition) is 5. The zero-order valence-corrected chi connectivity index (χ0v) is 16.9. The molecule has 2 aromatic carbocycles. The zero-order chi connectivity index (χ0) is 18.6. The fourth-order valence-corrected chi connectivity index (χ4v) is 3.70. The predicted octanol–water partition coefficient (Wildman–Crippen LogP) is 3.47. The summed E-state index contributed by atoms with van der Waals surface area (Å²) in [6.07, 6.45) is 0.422. The van der Waals surface area contributed by atoms with Crippen molar-refractivity contribution in [3.63, 3.8) is 0 Å². The molecule has 0 radical (unpaired) electrons. The van der Waals surface area contributed by atoms with Gasteiger partial charge in [0.25, 0.3) is 0 Å². The van der Waals surface area contributed by atoms with E-state index in [-0.39, 0.29) is 31.1 Å². The van der Waals surface area contributed by atoms with Crippen LogP contribution in [-0.2, 0) is 4.79 Å². The van der Waals surface area contributed by atoms with Crippen LogP contribution in [0.15, 0.2) is 42.5 Å². The van der Waals surface area contributed by atoms with Crippen LogP contribution in [-0.4, -0.2) is 43.8 Å². The number of amides is 1. The number of hydrogen-bond donors (Lipinski definition) is 2. The van der Waals surface area contributed by atoms with Gasteiger partial charge in [-0.2, -0.15) is 0 Å². The van der Waals surface area contributed by atoms with Gasteiger partial charge >= 0.3 is 0 Å². The van der Waals surface area contributed by atoms with E-state index in [0.29, 0.717) is 24.5 Å². The van der Waals surface area contributed by atoms with Gasteiger partial charge in [0, 0.05) is 55.4 Å². The van der Waals surface area contributed by atoms with Crippen LogP contribution in [0.5, 0.6) is 11.5 Å². The highest BCUT2D eigenvalue weighted by Crippen LogP contribution is 2.34. The highest BCUT2D eigenvalue weighted by atomic mass is 35.5. The Hall–Kier alpha value is -1.99. The maximum Gasteiger partial charge on any atom is 0.231 e. The summed E-state index contributed by atoms with van der Waals surface area (Å²) >= 11 is 6.15. The van der Waals surface area contributed by atoms with E-state index in [2.05, 4.69) is 21.6 Å². The Morgan fingerprint density at radius 1 is 1.21 bits per heavy atom. The van der Waals surface area contributed by atoms with E-state index in [1.165, 1.54) is 5.56 Å². The minimum absolute atomic E-state index is 0. The molecule has 2 aliphatic rings. The molecule has 28 heavy (non-hydrogen) atoms. The number of carbonyl (C=O) groups is 1. The van der Waals surface area contributed by atoms with E-state index in [1.807, 2.05) is 30.3 Å². The number of rotatable bonds is 5. The molecule has 0 aromatic heterocycles. The number of benzene rings is 2. The van der Waals surface area contributed by atoms with Crippen LogP contribution in [0, 0.1) is 0 Å². The quantitative estimate of drug-likeness (QED) is 0.770. The summed E-state index contributed by atoms with van der Waals surface area (Å²) in [5.41, 5.74) is 1.89. The Morgan fingerprint density at radius 2 is 2.07 bits per heavy atom. The van der Waals surface area contributed by atoms with Crippen molar-refractivity contribution in [1.29, 1.82) is 0 Å². The van der Waals surface area contributed by atoms with Gasteiger partial charge < -0.3 is 20.1 Å². The Bertz CT molecular complexity index is 834. The number of anilines is 1. The van der Waals surface area contributed by atoms with Gasteiger partial charge in [-0.05, 0) is 29.8 Å². The van der Waals surface area contributed by atoms with E-state index in [9.17, 15) is 4.79 Å². The van der Waals surface area contributed by atoms with Crippen molar-refractivity contribution >= 4 is 35.6 Å². The maximum atomic E-state index is 12.4. The summed E-state index contributed by atoms with van der Waals surface area (Å²) in [6.45, 7) is 3.58. The average molecular weight is 424 g/mol. The first-order chi connectivity index (χ1) is 13.2. The SMILES string of the molecule is Cl.O=C(CCN1CCNCC1c1cccc(Cl)c1)Nc1ccc2c(c1)OCO2. The lowest BCUT2D eigenvalue weighted by molar-refractivity contribution is -0.116. The number of piperazine rings is 1. The van der Waals surface area contributed by atoms with Crippen molar-refractivity contribution in [2.24, 2.45) is 0 Å². The first-order valence-corrected chi connectivity index (χ1v) is 9.46. The maximum absolute atomic E-state index is 12.4. The third kappa shape index (κ3) is 4.89. The van der Waals surface area contributed by atoms with Crippen molar-refractivity contribution in [2.45, 2.75) is 12.5 Å². The van der Waals surface area contributed by atoms with Crippen LogP contribution in [0.4, 0.5) is 5.69 Å². The first kappa shape index (κ1) is 20.7. The van der Waals surface area contributed by atoms with Gasteiger partial charge in [-0.1, -0.05) is 23.7 Å². The molecule has 1 atom stereocenters. The average Bonchev–Trinajstić information content (AvgIpc) is 3.14. The predicted molar refractivity (Wildman–Crippen MR) is 112 cm³/mol. The fraction of sp³-hybridized carbons (Fsp3) is 0.350. The van der Waals surface area contributed by atoms with Crippen molar-refractivity contribution < 1.29 is 14.3 Å². The van der Waals surface area contributed by atoms with Crippen LogP contribution >= 0.6 is 24.0 Å². The van der Waals surface area contributed by atoms with Gasteiger partial charge in [0.15, 0.2) is 11.5 Å². The third-order valence-corrected chi connectivity index (χ3v) is 5.11. The largest absolute Gasteiger partial charge is 0.454 e. The van der Waals surface area contributed by atoms with Gasteiger partial charge in [-0.25, -0.2) is 0 Å². The van der Waals surface area contributed by atoms with E-state index < -0.39 is 0 Å². The van der Waals surface area contributed by atoms with Crippen molar-refractivity contribution in [1.82, 2.24) is 10.2 Å². The lowest BCUT2D eigenvalue weighted by Gasteiger charge is -2.36. The van der Waals surface area contributed by atoms with Gasteiger partial charge in [0.05, 0.1) is 0 Å². The molecule has 8 heteroatoms. The van der Waals surface area contributed by atoms with Gasteiger partial charge in [-0.15, -0.1) is 12.4 Å². The summed E-state index contributed by atoms with van der Waals surface area (Å²) in [6, 6.07) is 13.6. The molecule has 1 fully saturated rings. The number of carbonyl (C=O) groups excluding carboxylic acids is 1. The molecule has 2 N–H and O–H groups in total. The minimum atomic E-state index is -0.0164. The molecule has 0 aliphatic carbocycles. The summed E-state index contributed by atoms with van der Waals surface area (Å²) < 4.78 is 10.6. The molecule has 6 nitrogen and oxygen atoms in total. The molecule has 1 saturated heterocycles. The topological polar surface area (TPSA) is 62.8 Å². The van der Waals surface area contributed by atoms with Crippen LogP contribution < -0.4 is 20.1 Å². The molecule has 150 valence electrons. The van der Waals surface area contributed by atoms with Crippen LogP contribution in [0.2, 0.25) is 5.02 Å². The first-order valence-electron chi connectivity index (χ1n) is 9.09. The second-order valence-electron chi connectivity index (χ2n) is 6.68. The zero-order valence-electron chi connectivity index (χ0n) is 15.3. The Labute approximate surface area is 175 Å². The molecule has 0 saturated carbocycles. The molecule has 2 heterocycles. The summed E-state index contributed by atoms with van der Waals surface area (Å²) in [7, 11) is 0. The summed E-state index contributed by atoms with van der Waals surface area (Å²) in [5.74, 6) is 1.35. The number of halogens is 2. The molecule has 2 aliphatic heterocycles. The van der Waals surface area contributed by atoms with E-state index >= 15 is 0 Å². The molecule has 0 bridgehead atoms. The van der Waals surface area contributed by atoms with Gasteiger partial charge in [-0.3, -0.25) is 9.69 Å². The van der Waals surface area contributed by atoms with E-state index in [1.54, 1.807) is 6.07 Å². The van der Waals surface area contributed by atoms with E-state index in [4.69, 9.17) is 21.1 Å². The Kier molecular flexibility index (Phi) is 7.02. The summed E-state index contributed by atoms with van der Waals surface area (Å²) in [5, 5.41) is 7.09. The highest BCUT2D eigenvalue weighted by molar-refractivity contribution is 6.30. The second-order valence-corrected chi connectivity index (χ2v) is 7.11. The van der Waals surface area contributed by atoms with Crippen molar-refractivity contribution in [3.8, 4) is 11.5 Å². The van der Waals surface area contributed by atoms with E-state index in [0.717, 1.165) is 30.3 Å². The lowest BCUT2D eigenvalue weighted by Crippen LogP contribution is -2.46. The number of nitrogens with one attached hydrogen (secondary N) is 2. The number of fused-ring (bicyclic) bond motifs is 1. The smallest absolute Gasteiger partial charge is 0.231 e. The molecular weight excluding hydrogens is 401 g/mol. The summed E-state index contributed by atoms with van der Waals surface area (Å²) in [4.78, 5) is 14.7. The molecule has 1 amide bonds. The van der Waals surface area contributed by atoms with Crippen molar-refractivity contribution in [2.75, 3.05) is 38.3 Å². The second kappa shape index (κ2) is 9.47. The molecule has 1 unspecified atom stereocenters. The Balaban J connectivity index is 0.00000225. The number of nitrogens with zero attached hydrogens (tertiary/aromatic N) is 1. The van der Waals surface area contributed by atoms with Gasteiger partial charge in [0.2, 0.25) is 12.7 Å². The monoisotopic (exact) mass is 423 g/mol. The lowest BCUT2D eigenvalue weighted by atomic mass is 10.0. The highest BCUT2D eigenvalue weighted by Gasteiger charge is 2.24. The van der Waals surface area contributed by atoms with Crippen LogP contribution in [0.3, 0.4) is 0 Å². The molecule has 0 spiro atoms. The van der Waals surface area contributed by atoms with Crippen molar-refractivity contribution in [3.05, 3.63) is 53.1 Å². The molecule has 2 aromatic rings. The number of ether oxygens (including phenoxy) is 2. The molecular formula is C20H23Cl2N3O3. The third-order valence-electron chi connectivity index (χ3n) is 4.87. The van der Waals surface area contributed by atoms with Crippen LogP contribution in [0.1, 0.15) is 18.0 Å². The van der Waals surface area contributed by atoms with Crippen LogP contribution in [0.25, 0.3) is 0 Å². The standard InChI is InChI=1S/C20H22ClN3O3.ClH/c21-15-3-1-2-14(10-15)17-12-22-7-9-24(17)8-6-20(25)23-16-4-5-18-19(11-16)27-13-26-18;/h1-5,10-11,17,22H,6-9,12-13H2,(H,23,25);1H.